The Hall–Kier alpha value is -5.25. The Morgan fingerprint density at radius 2 is 1.55 bits per heavy atom. The van der Waals surface area contributed by atoms with E-state index in [0.29, 0.717) is 11.3 Å². The largest absolute Gasteiger partial charge is 0.481 e. The van der Waals surface area contributed by atoms with Crippen LogP contribution in [-0.4, -0.2) is 84.9 Å². The van der Waals surface area contributed by atoms with Crippen molar-refractivity contribution in [2.45, 2.75) is 56.3 Å². The molecule has 0 bridgehead atoms. The minimum atomic E-state index is -1.49. The number of fused-ring (bicyclic) bond motifs is 1. The molecule has 16 heteroatoms. The number of carboxylic acids is 2. The van der Waals surface area contributed by atoms with Crippen molar-refractivity contribution in [1.29, 1.82) is 0 Å². The van der Waals surface area contributed by atoms with Gasteiger partial charge in [0, 0.05) is 48.3 Å². The van der Waals surface area contributed by atoms with Gasteiger partial charge >= 0.3 is 11.9 Å². The van der Waals surface area contributed by atoms with E-state index < -0.39 is 66.2 Å². The van der Waals surface area contributed by atoms with Gasteiger partial charge in [0.25, 0.3) is 0 Å². The van der Waals surface area contributed by atoms with E-state index in [1.807, 2.05) is 12.1 Å². The average molecular weight is 585 g/mol. The molecule has 0 radical (unpaired) electrons. The zero-order chi connectivity index (χ0) is 30.8. The number of hydrogen-bond acceptors (Lipinski definition) is 8. The van der Waals surface area contributed by atoms with Crippen molar-refractivity contribution in [3.05, 3.63) is 54.2 Å². The van der Waals surface area contributed by atoms with Crippen LogP contribution in [0.2, 0.25) is 0 Å². The summed E-state index contributed by atoms with van der Waals surface area (Å²) >= 11 is 0. The number of primary amides is 1. The molecule has 3 aromatic rings. The van der Waals surface area contributed by atoms with E-state index in [0.717, 1.165) is 10.9 Å². The Bertz CT molecular complexity index is 1440. The van der Waals surface area contributed by atoms with Crippen LogP contribution in [0.25, 0.3) is 10.9 Å². The topological polar surface area (TPSA) is 275 Å². The number of nitrogens with two attached hydrogens (primary N) is 2. The average Bonchev–Trinajstić information content (AvgIpc) is 3.59. The molecule has 2 heterocycles. The Balaban J connectivity index is 1.86. The van der Waals surface area contributed by atoms with E-state index in [1.54, 1.807) is 18.3 Å². The van der Waals surface area contributed by atoms with Gasteiger partial charge in [0.05, 0.1) is 18.8 Å². The Morgan fingerprint density at radius 3 is 2.19 bits per heavy atom. The Morgan fingerprint density at radius 1 is 0.881 bits per heavy atom. The first-order valence-corrected chi connectivity index (χ1v) is 12.9. The molecule has 224 valence electrons. The molecule has 4 amide bonds. The molecule has 4 unspecified atom stereocenters. The predicted molar refractivity (Wildman–Crippen MR) is 146 cm³/mol. The molecule has 0 saturated carbocycles. The maximum absolute atomic E-state index is 13.5. The number of aromatic amines is 2. The van der Waals surface area contributed by atoms with Crippen LogP contribution in [0, 0.1) is 0 Å². The number of aromatic nitrogens is 3. The van der Waals surface area contributed by atoms with Crippen LogP contribution in [0.5, 0.6) is 0 Å². The number of nitrogens with one attached hydrogen (secondary N) is 5. The molecule has 0 aliphatic heterocycles. The molecule has 0 aliphatic carbocycles. The lowest BCUT2D eigenvalue weighted by Gasteiger charge is -2.25. The molecule has 42 heavy (non-hydrogen) atoms. The summed E-state index contributed by atoms with van der Waals surface area (Å²) in [6, 6.07) is 1.60. The molecule has 3 rings (SSSR count). The molecule has 0 spiro atoms. The number of H-pyrrole nitrogens is 2. The fraction of sp³-hybridized carbons (Fsp3) is 0.346. The highest BCUT2D eigenvalue weighted by Gasteiger charge is 2.31. The molecule has 2 aromatic heterocycles. The highest BCUT2D eigenvalue weighted by Crippen LogP contribution is 2.19. The lowest BCUT2D eigenvalue weighted by molar-refractivity contribution is -0.142. The van der Waals surface area contributed by atoms with Crippen molar-refractivity contribution in [3.63, 3.8) is 0 Å². The second kappa shape index (κ2) is 14.4. The lowest BCUT2D eigenvalue weighted by atomic mass is 10.0. The van der Waals surface area contributed by atoms with Gasteiger partial charge in [0.1, 0.15) is 18.1 Å². The summed E-state index contributed by atoms with van der Waals surface area (Å²) in [7, 11) is 0. The SMILES string of the molecule is NC(=O)CCC(NC(=O)C(N)CC(=O)O)C(=O)NC(Cc1c[nH]c2ccccc12)C(=O)NC(Cc1cnc[nH]1)C(=O)O. The molecule has 16 nitrogen and oxygen atoms in total. The number of benzene rings is 1. The molecule has 4 atom stereocenters. The highest BCUT2D eigenvalue weighted by molar-refractivity contribution is 5.95. The number of para-hydroxylation sites is 1. The number of carboxylic acid groups (broad SMARTS) is 2. The first kappa shape index (κ1) is 31.3. The van der Waals surface area contributed by atoms with Crippen molar-refractivity contribution >= 4 is 46.5 Å². The van der Waals surface area contributed by atoms with Crippen molar-refractivity contribution in [3.8, 4) is 0 Å². The van der Waals surface area contributed by atoms with Crippen molar-refractivity contribution < 1.29 is 39.0 Å². The lowest BCUT2D eigenvalue weighted by Crippen LogP contribution is -2.58. The van der Waals surface area contributed by atoms with E-state index in [9.17, 15) is 33.9 Å². The minimum Gasteiger partial charge on any atom is -0.481 e. The monoisotopic (exact) mass is 584 g/mol. The van der Waals surface area contributed by atoms with Gasteiger partial charge in [0.15, 0.2) is 0 Å². The van der Waals surface area contributed by atoms with E-state index in [1.165, 1.54) is 12.5 Å². The zero-order valence-electron chi connectivity index (χ0n) is 22.3. The maximum atomic E-state index is 13.5. The van der Waals surface area contributed by atoms with Gasteiger partial charge in [-0.1, -0.05) is 18.2 Å². The van der Waals surface area contributed by atoms with Gasteiger partial charge in [-0.3, -0.25) is 24.0 Å². The summed E-state index contributed by atoms with van der Waals surface area (Å²) in [5.74, 6) is -6.13. The van der Waals surface area contributed by atoms with E-state index in [4.69, 9.17) is 16.6 Å². The Kier molecular flexibility index (Phi) is 10.7. The number of carbonyl (C=O) groups is 6. The molecule has 0 aliphatic rings. The number of carbonyl (C=O) groups excluding carboxylic acids is 4. The first-order valence-electron chi connectivity index (χ1n) is 12.9. The third-order valence-electron chi connectivity index (χ3n) is 6.37. The highest BCUT2D eigenvalue weighted by atomic mass is 16.4. The van der Waals surface area contributed by atoms with Gasteiger partial charge in [-0.2, -0.15) is 0 Å². The second-order valence-corrected chi connectivity index (χ2v) is 9.58. The van der Waals surface area contributed by atoms with Crippen LogP contribution in [-0.2, 0) is 41.6 Å². The third kappa shape index (κ3) is 8.88. The van der Waals surface area contributed by atoms with Crippen molar-refractivity contribution in [1.82, 2.24) is 30.9 Å². The van der Waals surface area contributed by atoms with Gasteiger partial charge in [-0.25, -0.2) is 9.78 Å². The van der Waals surface area contributed by atoms with Gasteiger partial charge in [0.2, 0.25) is 23.6 Å². The van der Waals surface area contributed by atoms with Gasteiger partial charge < -0.3 is 47.6 Å². The summed E-state index contributed by atoms with van der Waals surface area (Å²) in [5, 5.41) is 26.7. The maximum Gasteiger partial charge on any atom is 0.326 e. The molecule has 11 N–H and O–H groups in total. The van der Waals surface area contributed by atoms with Gasteiger partial charge in [-0.05, 0) is 18.1 Å². The van der Waals surface area contributed by atoms with Crippen molar-refractivity contribution in [2.24, 2.45) is 11.5 Å². The predicted octanol–water partition coefficient (Wildman–Crippen LogP) is -1.72. The first-order chi connectivity index (χ1) is 19.9. The van der Waals surface area contributed by atoms with Crippen molar-refractivity contribution in [2.75, 3.05) is 0 Å². The summed E-state index contributed by atoms with van der Waals surface area (Å²) in [6.07, 6.45) is 2.92. The summed E-state index contributed by atoms with van der Waals surface area (Å²) in [4.78, 5) is 83.3. The summed E-state index contributed by atoms with van der Waals surface area (Å²) < 4.78 is 0. The summed E-state index contributed by atoms with van der Waals surface area (Å²) in [5.41, 5.74) is 12.7. The quantitative estimate of drug-likeness (QED) is 0.0918. The normalized spacial score (nSPS) is 13.8. The molecule has 1 aromatic carbocycles. The zero-order valence-corrected chi connectivity index (χ0v) is 22.3. The standard InChI is InChI=1S/C26H32N8O8/c27-16(9-22(36)37)23(38)32-18(5-6-21(28)35)24(39)33-19(7-13-10-30-17-4-2-1-3-15(13)17)25(40)34-20(26(41)42)8-14-11-29-12-31-14/h1-4,10-12,16,18-20,30H,5-9,27H2,(H2,28,35)(H,29,31)(H,32,38)(H,33,39)(H,34,40)(H,36,37)(H,41,42). The molecule has 0 fully saturated rings. The van der Waals surface area contributed by atoms with Crippen LogP contribution in [0.4, 0.5) is 0 Å². The second-order valence-electron chi connectivity index (χ2n) is 9.58. The molecular formula is C26H32N8O8. The van der Waals surface area contributed by atoms with Gasteiger partial charge in [-0.15, -0.1) is 0 Å². The van der Waals surface area contributed by atoms with Crippen LogP contribution < -0.4 is 27.4 Å². The number of rotatable bonds is 16. The van der Waals surface area contributed by atoms with E-state index >= 15 is 0 Å². The third-order valence-corrected chi connectivity index (χ3v) is 6.37. The van der Waals surface area contributed by atoms with E-state index in [-0.39, 0.29) is 25.7 Å². The smallest absolute Gasteiger partial charge is 0.326 e. The molecule has 0 saturated heterocycles. The van der Waals surface area contributed by atoms with Crippen LogP contribution in [0.15, 0.2) is 43.0 Å². The molecular weight excluding hydrogens is 552 g/mol. The van der Waals surface area contributed by atoms with E-state index in [2.05, 4.69) is 30.9 Å². The number of nitrogens with zero attached hydrogens (tertiary/aromatic N) is 1. The number of hydrogen-bond donors (Lipinski definition) is 9. The van der Waals surface area contributed by atoms with Crippen LogP contribution in [0.3, 0.4) is 0 Å². The number of amides is 4. The number of aliphatic carboxylic acids is 2. The Labute approximate surface area is 238 Å². The number of imidazole rings is 1. The van der Waals surface area contributed by atoms with Crippen LogP contribution in [0.1, 0.15) is 30.5 Å². The van der Waals surface area contributed by atoms with Crippen LogP contribution >= 0.6 is 0 Å². The minimum absolute atomic E-state index is 0.0764. The fourth-order valence-electron chi connectivity index (χ4n) is 4.21. The summed E-state index contributed by atoms with van der Waals surface area (Å²) in [6.45, 7) is 0. The fourth-order valence-corrected chi connectivity index (χ4v) is 4.21.